The lowest BCUT2D eigenvalue weighted by Crippen LogP contribution is -2.35. The van der Waals surface area contributed by atoms with Crippen molar-refractivity contribution in [1.82, 2.24) is 4.57 Å². The predicted molar refractivity (Wildman–Crippen MR) is 94.0 cm³/mol. The van der Waals surface area contributed by atoms with Gasteiger partial charge in [-0.15, -0.1) is 0 Å². The van der Waals surface area contributed by atoms with Crippen LogP contribution in [0.3, 0.4) is 0 Å². The molecule has 3 aromatic rings. The average Bonchev–Trinajstić information content (AvgIpc) is 2.87. The lowest BCUT2D eigenvalue weighted by atomic mass is 10.2. The van der Waals surface area contributed by atoms with Gasteiger partial charge in [0.25, 0.3) is 0 Å². The third-order valence-corrected chi connectivity index (χ3v) is 4.16. The normalized spacial score (nSPS) is 16.4. The summed E-state index contributed by atoms with van der Waals surface area (Å²) in [5.41, 5.74) is 1.68. The molecule has 1 aliphatic rings. The van der Waals surface area contributed by atoms with Gasteiger partial charge in [-0.1, -0.05) is 36.4 Å². The molecule has 5 heteroatoms. The zero-order valence-electron chi connectivity index (χ0n) is 14.0. The van der Waals surface area contributed by atoms with E-state index >= 15 is 0 Å². The maximum Gasteiger partial charge on any atom is 0.337 e. The summed E-state index contributed by atoms with van der Waals surface area (Å²) in [6.45, 7) is 3.28. The van der Waals surface area contributed by atoms with Gasteiger partial charge >= 0.3 is 5.97 Å². The molecule has 0 unspecified atom stereocenters. The van der Waals surface area contributed by atoms with Gasteiger partial charge < -0.3 is 9.47 Å². The topological polar surface area (TPSA) is 57.5 Å². The minimum Gasteiger partial charge on any atom is -0.456 e. The molecule has 25 heavy (non-hydrogen) atoms. The Hall–Kier alpha value is -3.08. The lowest BCUT2D eigenvalue weighted by molar-refractivity contribution is -0.205. The number of rotatable bonds is 2. The van der Waals surface area contributed by atoms with Crippen LogP contribution in [-0.4, -0.2) is 22.2 Å². The molecular weight excluding hydrogens is 318 g/mol. The first-order chi connectivity index (χ1) is 11.9. The van der Waals surface area contributed by atoms with Crippen molar-refractivity contribution in [3.05, 3.63) is 60.4 Å². The molecule has 0 saturated heterocycles. The van der Waals surface area contributed by atoms with Crippen molar-refractivity contribution >= 4 is 33.7 Å². The van der Waals surface area contributed by atoms with Crippen LogP contribution in [-0.2, 0) is 14.3 Å². The summed E-state index contributed by atoms with van der Waals surface area (Å²) in [7, 11) is 0. The monoisotopic (exact) mass is 335 g/mol. The van der Waals surface area contributed by atoms with Crippen LogP contribution in [0.5, 0.6) is 0 Å². The molecule has 0 aliphatic carbocycles. The number of para-hydroxylation sites is 2. The summed E-state index contributed by atoms with van der Waals surface area (Å²) >= 11 is 0. The fraction of sp³-hybridized carbons (Fsp3) is 0.200. The number of aromatic nitrogens is 1. The largest absolute Gasteiger partial charge is 0.456 e. The Labute approximate surface area is 144 Å². The zero-order valence-corrected chi connectivity index (χ0v) is 14.0. The van der Waals surface area contributed by atoms with E-state index in [0.29, 0.717) is 5.76 Å². The highest BCUT2D eigenvalue weighted by atomic mass is 16.7. The summed E-state index contributed by atoms with van der Waals surface area (Å²) in [4.78, 5) is 24.7. The first-order valence-electron chi connectivity index (χ1n) is 8.08. The molecular formula is C20H17NO4. The van der Waals surface area contributed by atoms with E-state index in [1.807, 2.05) is 48.5 Å². The van der Waals surface area contributed by atoms with Gasteiger partial charge in [-0.25, -0.2) is 4.79 Å². The van der Waals surface area contributed by atoms with Crippen LogP contribution in [0.25, 0.3) is 21.8 Å². The molecule has 2 aromatic carbocycles. The van der Waals surface area contributed by atoms with Gasteiger partial charge in [-0.05, 0) is 12.1 Å². The molecule has 0 bridgehead atoms. The van der Waals surface area contributed by atoms with Gasteiger partial charge in [-0.2, -0.15) is 0 Å². The van der Waals surface area contributed by atoms with E-state index in [9.17, 15) is 9.59 Å². The van der Waals surface area contributed by atoms with E-state index in [2.05, 4.69) is 0 Å². The second-order valence-corrected chi connectivity index (χ2v) is 6.47. The molecule has 2 heterocycles. The Bertz CT molecular complexity index is 989. The molecule has 0 saturated carbocycles. The molecule has 0 fully saturated rings. The number of allylic oxidation sites excluding steroid dienone is 1. The number of hydrogen-bond donors (Lipinski definition) is 0. The molecule has 0 amide bonds. The van der Waals surface area contributed by atoms with Crippen LogP contribution in [0.1, 0.15) is 25.1 Å². The molecule has 1 aromatic heterocycles. The van der Waals surface area contributed by atoms with E-state index < -0.39 is 11.8 Å². The van der Waals surface area contributed by atoms with E-state index in [-0.39, 0.29) is 12.3 Å². The van der Waals surface area contributed by atoms with Crippen molar-refractivity contribution < 1.29 is 19.1 Å². The summed E-state index contributed by atoms with van der Waals surface area (Å²) < 4.78 is 12.4. The van der Waals surface area contributed by atoms with Gasteiger partial charge in [-0.3, -0.25) is 9.36 Å². The molecule has 4 rings (SSSR count). The predicted octanol–water partition coefficient (Wildman–Crippen LogP) is 4.02. The third-order valence-electron chi connectivity index (χ3n) is 4.16. The number of esters is 1. The lowest BCUT2D eigenvalue weighted by Gasteiger charge is -2.30. The summed E-state index contributed by atoms with van der Waals surface area (Å²) in [6, 6.07) is 15.5. The SMILES string of the molecule is CC1(C)OC(=O)C=C(CC(=O)n2c3ccccc3c3ccccc32)O1. The number of benzene rings is 2. The van der Waals surface area contributed by atoms with Crippen molar-refractivity contribution in [2.24, 2.45) is 0 Å². The minimum atomic E-state index is -1.07. The quantitative estimate of drug-likeness (QED) is 0.664. The van der Waals surface area contributed by atoms with Crippen LogP contribution in [0, 0.1) is 0 Å². The van der Waals surface area contributed by atoms with Gasteiger partial charge in [0, 0.05) is 24.6 Å². The Morgan fingerprint density at radius 1 is 0.960 bits per heavy atom. The maximum atomic E-state index is 13.0. The van der Waals surface area contributed by atoms with Crippen LogP contribution >= 0.6 is 0 Å². The van der Waals surface area contributed by atoms with Gasteiger partial charge in [0.1, 0.15) is 5.76 Å². The first-order valence-corrected chi connectivity index (χ1v) is 8.08. The summed E-state index contributed by atoms with van der Waals surface area (Å²) in [6.07, 6.45) is 1.22. The Morgan fingerprint density at radius 2 is 1.52 bits per heavy atom. The van der Waals surface area contributed by atoms with Crippen molar-refractivity contribution in [3.8, 4) is 0 Å². The number of carbonyl (C=O) groups is 2. The molecule has 0 N–H and O–H groups in total. The third kappa shape index (κ3) is 2.67. The first kappa shape index (κ1) is 15.4. The number of carbonyl (C=O) groups excluding carboxylic acids is 2. The molecule has 126 valence electrons. The number of fused-ring (bicyclic) bond motifs is 3. The Kier molecular flexibility index (Phi) is 3.39. The second-order valence-electron chi connectivity index (χ2n) is 6.47. The fourth-order valence-corrected chi connectivity index (χ4v) is 3.28. The van der Waals surface area contributed by atoms with Crippen LogP contribution in [0.2, 0.25) is 0 Å². The van der Waals surface area contributed by atoms with E-state index in [4.69, 9.17) is 9.47 Å². The molecule has 0 radical (unpaired) electrons. The van der Waals surface area contributed by atoms with Gasteiger partial charge in [0.05, 0.1) is 23.5 Å². The van der Waals surface area contributed by atoms with E-state index in [0.717, 1.165) is 21.8 Å². The molecule has 5 nitrogen and oxygen atoms in total. The van der Waals surface area contributed by atoms with Crippen molar-refractivity contribution in [2.45, 2.75) is 26.1 Å². The minimum absolute atomic E-state index is 0.0127. The number of cyclic esters (lactones) is 1. The highest BCUT2D eigenvalue weighted by molar-refractivity contribution is 6.13. The second kappa shape index (κ2) is 5.48. The number of ether oxygens (including phenoxy) is 2. The maximum absolute atomic E-state index is 13.0. The zero-order chi connectivity index (χ0) is 17.6. The average molecular weight is 335 g/mol. The van der Waals surface area contributed by atoms with Gasteiger partial charge in [0.15, 0.2) is 0 Å². The smallest absolute Gasteiger partial charge is 0.337 e. The summed E-state index contributed by atoms with van der Waals surface area (Å²) in [5, 5.41) is 2.04. The highest BCUT2D eigenvalue weighted by Gasteiger charge is 2.31. The molecule has 0 spiro atoms. The van der Waals surface area contributed by atoms with Crippen molar-refractivity contribution in [1.29, 1.82) is 0 Å². The van der Waals surface area contributed by atoms with Crippen molar-refractivity contribution in [3.63, 3.8) is 0 Å². The standard InChI is InChI=1S/C20H17NO4/c1-20(2)24-13(12-19(23)25-20)11-18(22)21-16-9-5-3-7-14(16)15-8-4-6-10-17(15)21/h3-10,12H,11H2,1-2H3. The molecule has 0 atom stereocenters. The number of nitrogens with zero attached hydrogens (tertiary/aromatic N) is 1. The van der Waals surface area contributed by atoms with Gasteiger partial charge in [0.2, 0.25) is 11.7 Å². The number of hydrogen-bond acceptors (Lipinski definition) is 4. The molecule has 1 aliphatic heterocycles. The van der Waals surface area contributed by atoms with Crippen LogP contribution < -0.4 is 0 Å². The summed E-state index contributed by atoms with van der Waals surface area (Å²) in [5.74, 6) is -1.41. The van der Waals surface area contributed by atoms with Crippen LogP contribution in [0.15, 0.2) is 60.4 Å². The Balaban J connectivity index is 1.79. The fourth-order valence-electron chi connectivity index (χ4n) is 3.28. The van der Waals surface area contributed by atoms with E-state index in [1.165, 1.54) is 6.08 Å². The Morgan fingerprint density at radius 3 is 2.08 bits per heavy atom. The van der Waals surface area contributed by atoms with Crippen LogP contribution in [0.4, 0.5) is 0 Å². The highest BCUT2D eigenvalue weighted by Crippen LogP contribution is 2.30. The van der Waals surface area contributed by atoms with Crippen molar-refractivity contribution in [2.75, 3.05) is 0 Å². The van der Waals surface area contributed by atoms with E-state index in [1.54, 1.807) is 18.4 Å².